The number of anilines is 3. The summed E-state index contributed by atoms with van der Waals surface area (Å²) in [5.41, 5.74) is 18.8. The lowest BCUT2D eigenvalue weighted by Crippen LogP contribution is -2.09. The third-order valence-corrected chi connectivity index (χ3v) is 12.0. The van der Waals surface area contributed by atoms with Crippen molar-refractivity contribution in [2.24, 2.45) is 0 Å². The fourth-order valence-electron chi connectivity index (χ4n) is 8.88. The van der Waals surface area contributed by atoms with Crippen molar-refractivity contribution in [3.63, 3.8) is 0 Å². The average Bonchev–Trinajstić information content (AvgIpc) is 3.70. The molecule has 0 aliphatic carbocycles. The number of rotatable bonds is 9. The van der Waals surface area contributed by atoms with Crippen LogP contribution in [0, 0.1) is 0 Å². The summed E-state index contributed by atoms with van der Waals surface area (Å²) < 4.78 is 2.37. The van der Waals surface area contributed by atoms with Gasteiger partial charge in [-0.2, -0.15) is 0 Å². The molecule has 0 saturated carbocycles. The van der Waals surface area contributed by atoms with Crippen molar-refractivity contribution in [2.45, 2.75) is 0 Å². The second-order valence-corrected chi connectivity index (χ2v) is 15.8. The lowest BCUT2D eigenvalue weighted by molar-refractivity contribution is 1.18. The topological polar surface area (TPSA) is 8.17 Å². The Bertz CT molecular complexity index is 3160. The van der Waals surface area contributed by atoms with Gasteiger partial charge in [-0.25, -0.2) is 0 Å². The van der Waals surface area contributed by atoms with Gasteiger partial charge in [-0.05, 0) is 128 Å². The fraction of sp³-hybridized carbons (Fsp3) is 0. The van der Waals surface area contributed by atoms with E-state index in [9.17, 15) is 0 Å². The zero-order chi connectivity index (χ0) is 41.2. The molecule has 0 unspecified atom stereocenters. The Balaban J connectivity index is 0.880. The molecule has 10 aromatic carbocycles. The van der Waals surface area contributed by atoms with Gasteiger partial charge >= 0.3 is 0 Å². The molecule has 2 heteroatoms. The van der Waals surface area contributed by atoms with Crippen molar-refractivity contribution in [3.8, 4) is 61.3 Å². The van der Waals surface area contributed by atoms with E-state index < -0.39 is 0 Å². The van der Waals surface area contributed by atoms with Crippen molar-refractivity contribution in [1.29, 1.82) is 0 Å². The standard InChI is InChI=1S/C60H42N2/c1-3-13-43(14-4-1)45-25-33-53(34-26-45)61(54-35-27-46(28-36-54)44-15-5-2-6-16-44)55-37-29-47(30-38-55)49-17-11-19-51(41-49)52-20-12-18-50(42-52)48-31-39-56(40-32-48)62-59-23-9-7-21-57(59)58-22-8-10-24-60(58)62/h1-42H. The van der Waals surface area contributed by atoms with E-state index in [4.69, 9.17) is 0 Å². The second-order valence-electron chi connectivity index (χ2n) is 15.8. The van der Waals surface area contributed by atoms with Crippen LogP contribution in [0.5, 0.6) is 0 Å². The van der Waals surface area contributed by atoms with Crippen LogP contribution in [0.1, 0.15) is 0 Å². The van der Waals surface area contributed by atoms with E-state index in [0.29, 0.717) is 0 Å². The van der Waals surface area contributed by atoms with E-state index in [1.807, 2.05) is 0 Å². The molecule has 292 valence electrons. The first-order chi connectivity index (χ1) is 30.7. The Morgan fingerprint density at radius 3 is 0.919 bits per heavy atom. The monoisotopic (exact) mass is 790 g/mol. The van der Waals surface area contributed by atoms with Gasteiger partial charge in [0.25, 0.3) is 0 Å². The number of aromatic nitrogens is 1. The summed E-state index contributed by atoms with van der Waals surface area (Å²) in [6.07, 6.45) is 0. The predicted molar refractivity (Wildman–Crippen MR) is 263 cm³/mol. The molecular weight excluding hydrogens is 749 g/mol. The number of fused-ring (bicyclic) bond motifs is 3. The molecule has 0 amide bonds. The quantitative estimate of drug-likeness (QED) is 0.141. The molecule has 0 spiro atoms. The van der Waals surface area contributed by atoms with Crippen LogP contribution in [-0.4, -0.2) is 4.57 Å². The van der Waals surface area contributed by atoms with Gasteiger partial charge in [-0.15, -0.1) is 0 Å². The summed E-state index contributed by atoms with van der Waals surface area (Å²) in [6.45, 7) is 0. The fourth-order valence-corrected chi connectivity index (χ4v) is 8.88. The van der Waals surface area contributed by atoms with Gasteiger partial charge in [0.1, 0.15) is 0 Å². The molecule has 0 bridgehead atoms. The summed E-state index contributed by atoms with van der Waals surface area (Å²) in [5, 5.41) is 2.55. The number of hydrogen-bond donors (Lipinski definition) is 0. The largest absolute Gasteiger partial charge is 0.311 e. The van der Waals surface area contributed by atoms with E-state index in [1.54, 1.807) is 0 Å². The average molecular weight is 791 g/mol. The lowest BCUT2D eigenvalue weighted by Gasteiger charge is -2.26. The van der Waals surface area contributed by atoms with Gasteiger partial charge < -0.3 is 9.47 Å². The van der Waals surface area contributed by atoms with Crippen molar-refractivity contribution >= 4 is 38.9 Å². The molecule has 1 heterocycles. The molecule has 0 saturated heterocycles. The molecule has 11 rings (SSSR count). The van der Waals surface area contributed by atoms with Crippen LogP contribution in [0.4, 0.5) is 17.1 Å². The third-order valence-electron chi connectivity index (χ3n) is 12.0. The van der Waals surface area contributed by atoms with Crippen LogP contribution >= 0.6 is 0 Å². The number of para-hydroxylation sites is 2. The van der Waals surface area contributed by atoms with Crippen LogP contribution in [0.2, 0.25) is 0 Å². The first-order valence-electron chi connectivity index (χ1n) is 21.2. The van der Waals surface area contributed by atoms with Gasteiger partial charge in [0.2, 0.25) is 0 Å². The number of hydrogen-bond acceptors (Lipinski definition) is 1. The smallest absolute Gasteiger partial charge is 0.0541 e. The second kappa shape index (κ2) is 16.1. The first-order valence-corrected chi connectivity index (χ1v) is 21.2. The van der Waals surface area contributed by atoms with Gasteiger partial charge in [0, 0.05) is 33.5 Å². The van der Waals surface area contributed by atoms with Gasteiger partial charge in [-0.1, -0.05) is 182 Å². The van der Waals surface area contributed by atoms with E-state index in [2.05, 4.69) is 264 Å². The zero-order valence-corrected chi connectivity index (χ0v) is 34.1. The molecule has 62 heavy (non-hydrogen) atoms. The van der Waals surface area contributed by atoms with Crippen molar-refractivity contribution in [1.82, 2.24) is 4.57 Å². The highest BCUT2D eigenvalue weighted by atomic mass is 15.1. The van der Waals surface area contributed by atoms with E-state index in [0.717, 1.165) is 22.7 Å². The van der Waals surface area contributed by atoms with E-state index in [-0.39, 0.29) is 0 Å². The van der Waals surface area contributed by atoms with E-state index in [1.165, 1.54) is 77.4 Å². The molecule has 11 aromatic rings. The molecule has 2 nitrogen and oxygen atoms in total. The normalized spacial score (nSPS) is 11.2. The van der Waals surface area contributed by atoms with Crippen LogP contribution in [0.3, 0.4) is 0 Å². The molecule has 0 aliphatic rings. The van der Waals surface area contributed by atoms with Crippen molar-refractivity contribution in [2.75, 3.05) is 4.90 Å². The Labute approximate surface area is 362 Å². The van der Waals surface area contributed by atoms with Crippen molar-refractivity contribution < 1.29 is 0 Å². The first kappa shape index (κ1) is 36.8. The van der Waals surface area contributed by atoms with Gasteiger partial charge in [0.15, 0.2) is 0 Å². The summed E-state index contributed by atoms with van der Waals surface area (Å²) >= 11 is 0. The number of benzene rings is 10. The summed E-state index contributed by atoms with van der Waals surface area (Å²) in [5.74, 6) is 0. The Hall–Kier alpha value is -8.20. The van der Waals surface area contributed by atoms with Crippen LogP contribution in [-0.2, 0) is 0 Å². The van der Waals surface area contributed by atoms with Crippen LogP contribution in [0.15, 0.2) is 255 Å². The minimum Gasteiger partial charge on any atom is -0.311 e. The zero-order valence-electron chi connectivity index (χ0n) is 34.1. The molecule has 1 aromatic heterocycles. The minimum atomic E-state index is 1.10. The maximum atomic E-state index is 2.37. The third kappa shape index (κ3) is 7.04. The molecule has 0 aliphatic heterocycles. The molecule has 0 fully saturated rings. The maximum Gasteiger partial charge on any atom is 0.0541 e. The highest BCUT2D eigenvalue weighted by Crippen LogP contribution is 2.39. The number of nitrogens with zero attached hydrogens (tertiary/aromatic N) is 2. The Morgan fingerprint density at radius 1 is 0.226 bits per heavy atom. The van der Waals surface area contributed by atoms with Crippen LogP contribution < -0.4 is 4.90 Å². The molecule has 0 radical (unpaired) electrons. The highest BCUT2D eigenvalue weighted by Gasteiger charge is 2.15. The Kier molecular flexibility index (Phi) is 9.57. The van der Waals surface area contributed by atoms with Gasteiger partial charge in [-0.3, -0.25) is 0 Å². The Morgan fingerprint density at radius 2 is 0.516 bits per heavy atom. The highest BCUT2D eigenvalue weighted by molar-refractivity contribution is 6.09. The van der Waals surface area contributed by atoms with Crippen LogP contribution in [0.25, 0.3) is 83.1 Å². The summed E-state index contributed by atoms with van der Waals surface area (Å²) in [4.78, 5) is 2.34. The molecule has 0 atom stereocenters. The minimum absolute atomic E-state index is 1.10. The molecular formula is C60H42N2. The van der Waals surface area contributed by atoms with E-state index >= 15 is 0 Å². The molecule has 0 N–H and O–H groups in total. The van der Waals surface area contributed by atoms with Crippen molar-refractivity contribution in [3.05, 3.63) is 255 Å². The summed E-state index contributed by atoms with van der Waals surface area (Å²) in [7, 11) is 0. The lowest BCUT2D eigenvalue weighted by atomic mass is 9.96. The maximum absolute atomic E-state index is 2.37. The van der Waals surface area contributed by atoms with Gasteiger partial charge in [0.05, 0.1) is 11.0 Å². The summed E-state index contributed by atoms with van der Waals surface area (Å²) in [6, 6.07) is 91.9. The SMILES string of the molecule is c1ccc(-c2ccc(N(c3ccc(-c4ccccc4)cc3)c3ccc(-c4cccc(-c5cccc(-c6ccc(-n7c8ccccc8c8ccccc87)cc6)c5)c4)cc3)cc2)cc1. The predicted octanol–water partition coefficient (Wildman–Crippen LogP) is 16.6.